The van der Waals surface area contributed by atoms with Gasteiger partial charge in [-0.3, -0.25) is 4.79 Å². The quantitative estimate of drug-likeness (QED) is 0.787. The van der Waals surface area contributed by atoms with E-state index in [-0.39, 0.29) is 12.5 Å². The third-order valence-electron chi connectivity index (χ3n) is 2.58. The predicted octanol–water partition coefficient (Wildman–Crippen LogP) is 1.58. The third-order valence-corrected chi connectivity index (χ3v) is 2.58. The number of carbonyl (C=O) groups excluding carboxylic acids is 1. The maximum absolute atomic E-state index is 11.8. The molecule has 1 amide bonds. The molecule has 0 aliphatic rings. The molecule has 3 heteroatoms. The van der Waals surface area contributed by atoms with Gasteiger partial charge in [0.15, 0.2) is 0 Å². The van der Waals surface area contributed by atoms with Crippen LogP contribution < -0.4 is 5.32 Å². The highest BCUT2D eigenvalue weighted by atomic mass is 16.3. The normalized spacial score (nSPS) is 14.3. The molecule has 1 rings (SSSR count). The topological polar surface area (TPSA) is 49.3 Å². The van der Waals surface area contributed by atoms with Gasteiger partial charge in [0.2, 0.25) is 0 Å². The van der Waals surface area contributed by atoms with E-state index in [1.54, 1.807) is 12.1 Å². The van der Waals surface area contributed by atoms with E-state index < -0.39 is 5.54 Å². The molecule has 1 atom stereocenters. The van der Waals surface area contributed by atoms with Crippen LogP contribution >= 0.6 is 0 Å². The number of nitrogens with one attached hydrogen (secondary N) is 1. The smallest absolute Gasteiger partial charge is 0.251 e. The van der Waals surface area contributed by atoms with Gasteiger partial charge in [-0.2, -0.15) is 0 Å². The van der Waals surface area contributed by atoms with Crippen molar-refractivity contribution in [2.45, 2.75) is 25.8 Å². The lowest BCUT2D eigenvalue weighted by molar-refractivity contribution is 0.0847. The monoisotopic (exact) mass is 207 g/mol. The maximum Gasteiger partial charge on any atom is 0.251 e. The maximum atomic E-state index is 11.8. The summed E-state index contributed by atoms with van der Waals surface area (Å²) >= 11 is 0. The Morgan fingerprint density at radius 3 is 2.47 bits per heavy atom. The Morgan fingerprint density at radius 1 is 1.40 bits per heavy atom. The van der Waals surface area contributed by atoms with Crippen molar-refractivity contribution in [2.24, 2.45) is 0 Å². The zero-order valence-corrected chi connectivity index (χ0v) is 9.16. The van der Waals surface area contributed by atoms with Crippen molar-refractivity contribution in [3.05, 3.63) is 35.9 Å². The fourth-order valence-electron chi connectivity index (χ4n) is 1.18. The van der Waals surface area contributed by atoms with Crippen LogP contribution in [0.25, 0.3) is 0 Å². The van der Waals surface area contributed by atoms with Crippen LogP contribution in [0.1, 0.15) is 30.6 Å². The van der Waals surface area contributed by atoms with Gasteiger partial charge in [0.05, 0.1) is 12.1 Å². The Hall–Kier alpha value is -1.35. The van der Waals surface area contributed by atoms with Crippen LogP contribution in [0.2, 0.25) is 0 Å². The van der Waals surface area contributed by atoms with E-state index in [1.807, 2.05) is 32.0 Å². The highest BCUT2D eigenvalue weighted by molar-refractivity contribution is 5.94. The Kier molecular flexibility index (Phi) is 3.86. The summed E-state index contributed by atoms with van der Waals surface area (Å²) in [6.07, 6.45) is 0.697. The Balaban J connectivity index is 2.72. The van der Waals surface area contributed by atoms with E-state index in [0.29, 0.717) is 12.0 Å². The van der Waals surface area contributed by atoms with Crippen LogP contribution in [0, 0.1) is 0 Å². The van der Waals surface area contributed by atoms with E-state index in [1.165, 1.54) is 0 Å². The summed E-state index contributed by atoms with van der Waals surface area (Å²) in [6, 6.07) is 9.00. The van der Waals surface area contributed by atoms with Gasteiger partial charge >= 0.3 is 0 Å². The lowest BCUT2D eigenvalue weighted by atomic mass is 9.99. The molecule has 0 spiro atoms. The van der Waals surface area contributed by atoms with E-state index in [9.17, 15) is 4.79 Å². The standard InChI is InChI=1S/C12H17NO2/c1-3-12(2,9-14)13-11(15)10-7-5-4-6-8-10/h4-8,14H,3,9H2,1-2H3,(H,13,15). The Bertz CT molecular complexity index is 318. The summed E-state index contributed by atoms with van der Waals surface area (Å²) in [4.78, 5) is 11.8. The first-order chi connectivity index (χ1) is 7.11. The van der Waals surface area contributed by atoms with Gasteiger partial charge in [0, 0.05) is 5.56 Å². The van der Waals surface area contributed by atoms with Gasteiger partial charge in [0.25, 0.3) is 5.91 Å². The number of aliphatic hydroxyl groups excluding tert-OH is 1. The van der Waals surface area contributed by atoms with Crippen LogP contribution in [-0.2, 0) is 0 Å². The molecule has 15 heavy (non-hydrogen) atoms. The molecule has 2 N–H and O–H groups in total. The van der Waals surface area contributed by atoms with E-state index in [2.05, 4.69) is 5.32 Å². The lowest BCUT2D eigenvalue weighted by Gasteiger charge is -2.27. The molecule has 82 valence electrons. The fraction of sp³-hybridized carbons (Fsp3) is 0.417. The van der Waals surface area contributed by atoms with Gasteiger partial charge in [-0.25, -0.2) is 0 Å². The van der Waals surface area contributed by atoms with Crippen molar-refractivity contribution in [3.63, 3.8) is 0 Å². The molecule has 1 unspecified atom stereocenters. The van der Waals surface area contributed by atoms with Crippen molar-refractivity contribution in [3.8, 4) is 0 Å². The minimum Gasteiger partial charge on any atom is -0.394 e. The molecule has 0 heterocycles. The van der Waals surface area contributed by atoms with Crippen LogP contribution in [0.15, 0.2) is 30.3 Å². The molecular formula is C12H17NO2. The minimum absolute atomic E-state index is 0.0535. The van der Waals surface area contributed by atoms with Gasteiger partial charge in [-0.1, -0.05) is 25.1 Å². The zero-order chi connectivity index (χ0) is 11.3. The molecule has 0 radical (unpaired) electrons. The van der Waals surface area contributed by atoms with E-state index in [4.69, 9.17) is 5.11 Å². The first kappa shape index (κ1) is 11.7. The number of rotatable bonds is 4. The third kappa shape index (κ3) is 3.06. The molecule has 0 aliphatic heterocycles. The predicted molar refractivity (Wildman–Crippen MR) is 59.7 cm³/mol. The number of hydrogen-bond acceptors (Lipinski definition) is 2. The van der Waals surface area contributed by atoms with E-state index >= 15 is 0 Å². The number of amides is 1. The molecule has 0 aromatic heterocycles. The van der Waals surface area contributed by atoms with Crippen molar-refractivity contribution in [1.82, 2.24) is 5.32 Å². The highest BCUT2D eigenvalue weighted by Gasteiger charge is 2.23. The Labute approximate surface area is 90.1 Å². The van der Waals surface area contributed by atoms with Crippen LogP contribution in [0.3, 0.4) is 0 Å². The first-order valence-corrected chi connectivity index (χ1v) is 5.10. The highest BCUT2D eigenvalue weighted by Crippen LogP contribution is 2.09. The van der Waals surface area contributed by atoms with Crippen molar-refractivity contribution >= 4 is 5.91 Å². The summed E-state index contributed by atoms with van der Waals surface area (Å²) in [5.74, 6) is -0.144. The second-order valence-electron chi connectivity index (χ2n) is 3.89. The van der Waals surface area contributed by atoms with Crippen molar-refractivity contribution in [2.75, 3.05) is 6.61 Å². The summed E-state index contributed by atoms with van der Waals surface area (Å²) in [6.45, 7) is 3.71. The number of carbonyl (C=O) groups is 1. The molecule has 1 aromatic carbocycles. The summed E-state index contributed by atoms with van der Waals surface area (Å²) < 4.78 is 0. The number of aliphatic hydroxyl groups is 1. The first-order valence-electron chi connectivity index (χ1n) is 5.10. The molecule has 1 aromatic rings. The molecule has 0 saturated heterocycles. The molecule has 0 aliphatic carbocycles. The summed E-state index contributed by atoms with van der Waals surface area (Å²) in [5.41, 5.74) is 0.0815. The lowest BCUT2D eigenvalue weighted by Crippen LogP contribution is -2.48. The minimum atomic E-state index is -0.535. The zero-order valence-electron chi connectivity index (χ0n) is 9.16. The average Bonchev–Trinajstić information content (AvgIpc) is 2.30. The van der Waals surface area contributed by atoms with Crippen LogP contribution in [0.5, 0.6) is 0 Å². The van der Waals surface area contributed by atoms with Gasteiger partial charge in [-0.15, -0.1) is 0 Å². The largest absolute Gasteiger partial charge is 0.394 e. The van der Waals surface area contributed by atoms with Crippen LogP contribution in [-0.4, -0.2) is 23.2 Å². The molecule has 3 nitrogen and oxygen atoms in total. The van der Waals surface area contributed by atoms with Gasteiger partial charge in [-0.05, 0) is 25.5 Å². The molecule has 0 fully saturated rings. The molecule has 0 saturated carbocycles. The van der Waals surface area contributed by atoms with Crippen molar-refractivity contribution in [1.29, 1.82) is 0 Å². The fourth-order valence-corrected chi connectivity index (χ4v) is 1.18. The molecular weight excluding hydrogens is 190 g/mol. The van der Waals surface area contributed by atoms with Gasteiger partial charge < -0.3 is 10.4 Å². The average molecular weight is 207 g/mol. The number of benzene rings is 1. The summed E-state index contributed by atoms with van der Waals surface area (Å²) in [5, 5.41) is 12.0. The Morgan fingerprint density at radius 2 is 2.00 bits per heavy atom. The van der Waals surface area contributed by atoms with Gasteiger partial charge in [0.1, 0.15) is 0 Å². The second kappa shape index (κ2) is 4.94. The second-order valence-corrected chi connectivity index (χ2v) is 3.89. The van der Waals surface area contributed by atoms with Crippen LogP contribution in [0.4, 0.5) is 0 Å². The number of hydrogen-bond donors (Lipinski definition) is 2. The SMILES string of the molecule is CCC(C)(CO)NC(=O)c1ccccc1. The molecule has 0 bridgehead atoms. The van der Waals surface area contributed by atoms with Crippen molar-refractivity contribution < 1.29 is 9.90 Å². The summed E-state index contributed by atoms with van der Waals surface area (Å²) in [7, 11) is 0. The van der Waals surface area contributed by atoms with E-state index in [0.717, 1.165) is 0 Å².